The lowest BCUT2D eigenvalue weighted by Crippen LogP contribution is -2.30. The van der Waals surface area contributed by atoms with Crippen LogP contribution in [0.4, 0.5) is 5.69 Å². The lowest BCUT2D eigenvalue weighted by molar-refractivity contribution is -0.125. The number of anilines is 1. The Kier molecular flexibility index (Phi) is 6.05. The van der Waals surface area contributed by atoms with Gasteiger partial charge in [0.25, 0.3) is 5.91 Å². The predicted molar refractivity (Wildman–Crippen MR) is 134 cm³/mol. The molecule has 1 N–H and O–H groups in total. The standard InChI is InChI=1S/C28H27N3O2/c1-18-13-15-19(16-14-18)29-27(33)24(17-25(32)28(2,3)4)30-31-26-22-11-7-5-9-20(22)21-10-6-8-12-23(21)26/h5-16H,17H2,1-4H3,(H,29,33). The third-order valence-corrected chi connectivity index (χ3v) is 5.66. The summed E-state index contributed by atoms with van der Waals surface area (Å²) >= 11 is 0. The van der Waals surface area contributed by atoms with Gasteiger partial charge in [-0.1, -0.05) is 87.0 Å². The van der Waals surface area contributed by atoms with E-state index in [1.54, 1.807) is 0 Å². The normalized spacial score (nSPS) is 12.7. The zero-order valence-corrected chi connectivity index (χ0v) is 19.3. The molecule has 0 aliphatic heterocycles. The molecule has 1 aliphatic rings. The summed E-state index contributed by atoms with van der Waals surface area (Å²) in [6, 6.07) is 23.5. The van der Waals surface area contributed by atoms with Gasteiger partial charge in [-0.2, -0.15) is 0 Å². The van der Waals surface area contributed by atoms with E-state index >= 15 is 0 Å². The number of nitrogens with one attached hydrogen (secondary N) is 1. The van der Waals surface area contributed by atoms with Gasteiger partial charge in [-0.05, 0) is 30.2 Å². The average molecular weight is 438 g/mol. The molecular formula is C28H27N3O2. The molecule has 0 heterocycles. The smallest absolute Gasteiger partial charge is 0.272 e. The van der Waals surface area contributed by atoms with Crippen molar-refractivity contribution < 1.29 is 9.59 Å². The third-order valence-electron chi connectivity index (χ3n) is 5.66. The minimum absolute atomic E-state index is 0.0762. The Morgan fingerprint density at radius 2 is 1.30 bits per heavy atom. The summed E-state index contributed by atoms with van der Waals surface area (Å²) < 4.78 is 0. The zero-order chi connectivity index (χ0) is 23.6. The van der Waals surface area contributed by atoms with Crippen molar-refractivity contribution >= 4 is 28.8 Å². The van der Waals surface area contributed by atoms with Crippen LogP contribution in [0.25, 0.3) is 11.1 Å². The SMILES string of the molecule is Cc1ccc(NC(=O)C(CC(=O)C(C)(C)C)=NN=C2c3ccccc3-c3ccccc32)cc1. The number of nitrogens with zero attached hydrogens (tertiary/aromatic N) is 2. The average Bonchev–Trinajstić information content (AvgIpc) is 3.11. The van der Waals surface area contributed by atoms with Gasteiger partial charge in [0.05, 0.1) is 6.42 Å². The van der Waals surface area contributed by atoms with Crippen LogP contribution in [0.15, 0.2) is 83.0 Å². The van der Waals surface area contributed by atoms with Gasteiger partial charge in [0.1, 0.15) is 17.2 Å². The first-order chi connectivity index (χ1) is 15.7. The van der Waals surface area contributed by atoms with Crippen molar-refractivity contribution in [3.63, 3.8) is 0 Å². The molecule has 33 heavy (non-hydrogen) atoms. The fourth-order valence-corrected chi connectivity index (χ4v) is 3.63. The van der Waals surface area contributed by atoms with Crippen molar-refractivity contribution in [2.24, 2.45) is 15.6 Å². The first-order valence-corrected chi connectivity index (χ1v) is 11.0. The first-order valence-electron chi connectivity index (χ1n) is 11.0. The Balaban J connectivity index is 1.73. The van der Waals surface area contributed by atoms with Crippen molar-refractivity contribution in [2.45, 2.75) is 34.1 Å². The molecule has 0 spiro atoms. The number of ketones is 1. The van der Waals surface area contributed by atoms with Crippen molar-refractivity contribution in [1.82, 2.24) is 0 Å². The number of aryl methyl sites for hydroxylation is 1. The van der Waals surface area contributed by atoms with E-state index in [-0.39, 0.29) is 17.9 Å². The number of hydrogen-bond acceptors (Lipinski definition) is 4. The van der Waals surface area contributed by atoms with Crippen LogP contribution < -0.4 is 5.32 Å². The fraction of sp³-hybridized carbons (Fsp3) is 0.214. The minimum Gasteiger partial charge on any atom is -0.321 e. The Hall–Kier alpha value is -3.86. The summed E-state index contributed by atoms with van der Waals surface area (Å²) in [5, 5.41) is 11.7. The lowest BCUT2D eigenvalue weighted by Gasteiger charge is -2.16. The molecule has 0 unspecified atom stereocenters. The number of hydrogen-bond donors (Lipinski definition) is 1. The van der Waals surface area contributed by atoms with Gasteiger partial charge in [-0.15, -0.1) is 10.2 Å². The number of Topliss-reactive ketones (excluding diaryl/α,β-unsaturated/α-hetero) is 1. The second kappa shape index (κ2) is 8.94. The lowest BCUT2D eigenvalue weighted by atomic mass is 9.87. The van der Waals surface area contributed by atoms with E-state index in [2.05, 4.69) is 27.7 Å². The highest BCUT2D eigenvalue weighted by Gasteiger charge is 2.27. The quantitative estimate of drug-likeness (QED) is 0.316. The number of benzene rings is 3. The van der Waals surface area contributed by atoms with Crippen LogP contribution in [-0.4, -0.2) is 23.1 Å². The minimum atomic E-state index is -0.593. The van der Waals surface area contributed by atoms with Gasteiger partial charge in [-0.3, -0.25) is 9.59 Å². The Morgan fingerprint density at radius 1 is 0.788 bits per heavy atom. The molecule has 3 aromatic carbocycles. The molecule has 1 amide bonds. The number of fused-ring (bicyclic) bond motifs is 3. The highest BCUT2D eigenvalue weighted by atomic mass is 16.2. The van der Waals surface area contributed by atoms with Crippen LogP contribution in [0.2, 0.25) is 0 Å². The maximum Gasteiger partial charge on any atom is 0.272 e. The molecule has 0 bridgehead atoms. The third kappa shape index (κ3) is 4.82. The molecule has 166 valence electrons. The summed E-state index contributed by atoms with van der Waals surface area (Å²) in [6.07, 6.45) is -0.0960. The Bertz CT molecular complexity index is 1230. The van der Waals surface area contributed by atoms with Gasteiger partial charge in [0.2, 0.25) is 0 Å². The van der Waals surface area contributed by atoms with Crippen LogP contribution >= 0.6 is 0 Å². The monoisotopic (exact) mass is 437 g/mol. The van der Waals surface area contributed by atoms with Crippen LogP contribution in [0.1, 0.15) is 43.9 Å². The predicted octanol–water partition coefficient (Wildman–Crippen LogP) is 5.81. The summed E-state index contributed by atoms with van der Waals surface area (Å²) in [7, 11) is 0. The molecule has 5 nitrogen and oxygen atoms in total. The van der Waals surface area contributed by atoms with Gasteiger partial charge < -0.3 is 5.32 Å². The maximum atomic E-state index is 13.1. The molecule has 0 saturated heterocycles. The highest BCUT2D eigenvalue weighted by molar-refractivity contribution is 6.46. The zero-order valence-electron chi connectivity index (χ0n) is 19.3. The van der Waals surface area contributed by atoms with E-state index in [0.29, 0.717) is 11.4 Å². The van der Waals surface area contributed by atoms with E-state index in [9.17, 15) is 9.59 Å². The van der Waals surface area contributed by atoms with Gasteiger partial charge >= 0.3 is 0 Å². The van der Waals surface area contributed by atoms with Crippen LogP contribution in [0.5, 0.6) is 0 Å². The molecule has 4 rings (SSSR count). The van der Waals surface area contributed by atoms with Gasteiger partial charge in [0.15, 0.2) is 0 Å². The maximum absolute atomic E-state index is 13.1. The van der Waals surface area contributed by atoms with Crippen molar-refractivity contribution in [2.75, 3.05) is 5.32 Å². The van der Waals surface area contributed by atoms with E-state index in [1.165, 1.54) is 0 Å². The van der Waals surface area contributed by atoms with E-state index in [0.717, 1.165) is 27.8 Å². The number of carbonyl (C=O) groups excluding carboxylic acids is 2. The molecule has 5 heteroatoms. The topological polar surface area (TPSA) is 70.9 Å². The highest BCUT2D eigenvalue weighted by Crippen LogP contribution is 2.36. The molecule has 1 aliphatic carbocycles. The molecule has 0 saturated carbocycles. The summed E-state index contributed by atoms with van der Waals surface area (Å²) in [6.45, 7) is 7.48. The first kappa shape index (κ1) is 22.3. The molecule has 0 fully saturated rings. The molecule has 0 radical (unpaired) electrons. The van der Waals surface area contributed by atoms with Crippen molar-refractivity contribution in [1.29, 1.82) is 0 Å². The van der Waals surface area contributed by atoms with Crippen LogP contribution in [0, 0.1) is 12.3 Å². The van der Waals surface area contributed by atoms with E-state index < -0.39 is 11.3 Å². The number of rotatable bonds is 5. The number of amides is 1. The molecule has 3 aromatic rings. The second-order valence-corrected chi connectivity index (χ2v) is 9.26. The second-order valence-electron chi connectivity index (χ2n) is 9.26. The molecule has 0 atom stereocenters. The fourth-order valence-electron chi connectivity index (χ4n) is 3.63. The largest absolute Gasteiger partial charge is 0.321 e. The van der Waals surface area contributed by atoms with Crippen molar-refractivity contribution in [3.8, 4) is 11.1 Å². The Labute approximate surface area is 194 Å². The van der Waals surface area contributed by atoms with E-state index in [1.807, 2.05) is 88.4 Å². The summed E-state index contributed by atoms with van der Waals surface area (Å²) in [4.78, 5) is 25.9. The van der Waals surface area contributed by atoms with Crippen molar-refractivity contribution in [3.05, 3.63) is 89.5 Å². The number of carbonyl (C=O) groups is 2. The Morgan fingerprint density at radius 3 is 1.82 bits per heavy atom. The summed E-state index contributed by atoms with van der Waals surface area (Å²) in [5.74, 6) is -0.506. The summed E-state index contributed by atoms with van der Waals surface area (Å²) in [5.41, 5.74) is 6.02. The molecule has 0 aromatic heterocycles. The molecular weight excluding hydrogens is 410 g/mol. The van der Waals surface area contributed by atoms with E-state index in [4.69, 9.17) is 0 Å². The van der Waals surface area contributed by atoms with Gasteiger partial charge in [-0.25, -0.2) is 0 Å². The van der Waals surface area contributed by atoms with Crippen LogP contribution in [-0.2, 0) is 9.59 Å². The van der Waals surface area contributed by atoms with Gasteiger partial charge in [0, 0.05) is 22.2 Å². The van der Waals surface area contributed by atoms with Crippen LogP contribution in [0.3, 0.4) is 0 Å².